The number of rotatable bonds is 3. The van der Waals surface area contributed by atoms with Crippen molar-refractivity contribution in [1.82, 2.24) is 0 Å². The van der Waals surface area contributed by atoms with Gasteiger partial charge in [0, 0.05) is 4.47 Å². The van der Waals surface area contributed by atoms with Gasteiger partial charge in [-0.25, -0.2) is 4.39 Å². The first-order valence-corrected chi connectivity index (χ1v) is 4.96. The van der Waals surface area contributed by atoms with E-state index in [1.165, 1.54) is 0 Å². The average molecular weight is 298 g/mol. The molecule has 1 aromatic carbocycles. The van der Waals surface area contributed by atoms with Crippen molar-refractivity contribution >= 4 is 31.9 Å². The van der Waals surface area contributed by atoms with Gasteiger partial charge < -0.3 is 4.74 Å². The minimum atomic E-state index is -0.470. The van der Waals surface area contributed by atoms with Gasteiger partial charge in [-0.15, -0.1) is 0 Å². The van der Waals surface area contributed by atoms with E-state index in [0.717, 1.165) is 8.95 Å². The summed E-state index contributed by atoms with van der Waals surface area (Å²) < 4.78 is 18.6. The van der Waals surface area contributed by atoms with Gasteiger partial charge in [-0.05, 0) is 34.1 Å². The van der Waals surface area contributed by atoms with Gasteiger partial charge in [0.1, 0.15) is 19.0 Å². The molecule has 0 unspecified atom stereocenters. The van der Waals surface area contributed by atoms with E-state index in [9.17, 15) is 4.39 Å². The lowest BCUT2D eigenvalue weighted by molar-refractivity contribution is 0.272. The maximum absolute atomic E-state index is 11.7. The first-order chi connectivity index (χ1) is 5.74. The predicted molar refractivity (Wildman–Crippen MR) is 53.3 cm³/mol. The predicted octanol–water partition coefficient (Wildman–Crippen LogP) is 3.56. The lowest BCUT2D eigenvalue weighted by Crippen LogP contribution is -1.98. The summed E-state index contributed by atoms with van der Waals surface area (Å²) in [6, 6.07) is 5.48. The maximum Gasteiger partial charge on any atom is 0.133 e. The maximum atomic E-state index is 11.7. The molecule has 0 saturated heterocycles. The molecule has 0 atom stereocenters. The summed E-state index contributed by atoms with van der Waals surface area (Å²) in [6.45, 7) is -0.372. The van der Waals surface area contributed by atoms with Gasteiger partial charge in [0.2, 0.25) is 0 Å². The highest BCUT2D eigenvalue weighted by Gasteiger charge is 2.00. The highest BCUT2D eigenvalue weighted by molar-refractivity contribution is 9.11. The highest BCUT2D eigenvalue weighted by Crippen LogP contribution is 2.27. The van der Waals surface area contributed by atoms with Gasteiger partial charge in [-0.3, -0.25) is 0 Å². The number of alkyl halides is 1. The van der Waals surface area contributed by atoms with Crippen molar-refractivity contribution in [2.75, 3.05) is 13.3 Å². The Morgan fingerprint density at radius 1 is 1.33 bits per heavy atom. The first-order valence-electron chi connectivity index (χ1n) is 3.38. The zero-order valence-corrected chi connectivity index (χ0v) is 9.36. The van der Waals surface area contributed by atoms with Gasteiger partial charge in [-0.2, -0.15) is 0 Å². The summed E-state index contributed by atoms with van der Waals surface area (Å²) in [6.07, 6.45) is 0. The normalized spacial score (nSPS) is 9.92. The summed E-state index contributed by atoms with van der Waals surface area (Å²) in [4.78, 5) is 0. The van der Waals surface area contributed by atoms with Crippen molar-refractivity contribution in [2.24, 2.45) is 0 Å². The van der Waals surface area contributed by atoms with E-state index < -0.39 is 6.67 Å². The summed E-state index contributed by atoms with van der Waals surface area (Å²) in [5.74, 6) is 0.663. The molecule has 0 bridgehead atoms. The summed E-state index contributed by atoms with van der Waals surface area (Å²) in [5, 5.41) is 0. The molecule has 1 nitrogen and oxygen atoms in total. The van der Waals surface area contributed by atoms with Crippen LogP contribution in [0.25, 0.3) is 0 Å². The largest absolute Gasteiger partial charge is 0.490 e. The molecule has 0 saturated carbocycles. The van der Waals surface area contributed by atoms with Crippen LogP contribution in [0.2, 0.25) is 0 Å². The molecule has 0 aliphatic heterocycles. The molecule has 0 fully saturated rings. The second kappa shape index (κ2) is 4.82. The molecule has 4 heteroatoms. The smallest absolute Gasteiger partial charge is 0.133 e. The molecular weight excluding hydrogens is 291 g/mol. The number of ether oxygens (including phenoxy) is 1. The summed E-state index contributed by atoms with van der Waals surface area (Å²) in [5.41, 5.74) is 0. The Hall–Kier alpha value is -0.0900. The van der Waals surface area contributed by atoms with Crippen LogP contribution in [0.1, 0.15) is 0 Å². The van der Waals surface area contributed by atoms with Crippen molar-refractivity contribution in [3.63, 3.8) is 0 Å². The fourth-order valence-electron chi connectivity index (χ4n) is 0.741. The van der Waals surface area contributed by atoms with E-state index in [0.29, 0.717) is 5.75 Å². The second-order valence-electron chi connectivity index (χ2n) is 2.11. The van der Waals surface area contributed by atoms with E-state index in [4.69, 9.17) is 4.74 Å². The van der Waals surface area contributed by atoms with Crippen molar-refractivity contribution in [3.8, 4) is 5.75 Å². The Labute approximate surface area is 87.2 Å². The minimum absolute atomic E-state index is 0.0975. The van der Waals surface area contributed by atoms with E-state index in [2.05, 4.69) is 31.9 Å². The molecule has 0 aromatic heterocycles. The first kappa shape index (κ1) is 9.99. The van der Waals surface area contributed by atoms with E-state index in [1.807, 2.05) is 12.1 Å². The highest BCUT2D eigenvalue weighted by atomic mass is 79.9. The zero-order valence-electron chi connectivity index (χ0n) is 6.19. The van der Waals surface area contributed by atoms with Crippen LogP contribution in [0, 0.1) is 0 Å². The topological polar surface area (TPSA) is 9.23 Å². The number of hydrogen-bond donors (Lipinski definition) is 0. The van der Waals surface area contributed by atoms with E-state index >= 15 is 0 Å². The Balaban J connectivity index is 2.72. The van der Waals surface area contributed by atoms with Crippen LogP contribution in [0.4, 0.5) is 4.39 Å². The SMILES string of the molecule is FCCOc1ccc(Br)cc1Br. The van der Waals surface area contributed by atoms with Gasteiger partial charge >= 0.3 is 0 Å². The molecule has 66 valence electrons. The Bertz CT molecular complexity index is 265. The van der Waals surface area contributed by atoms with Crippen LogP contribution >= 0.6 is 31.9 Å². The Morgan fingerprint density at radius 3 is 2.67 bits per heavy atom. The average Bonchev–Trinajstić information content (AvgIpc) is 2.03. The van der Waals surface area contributed by atoms with Crippen LogP contribution < -0.4 is 4.74 Å². The molecule has 0 aliphatic carbocycles. The molecule has 0 aliphatic rings. The van der Waals surface area contributed by atoms with Crippen LogP contribution in [0.3, 0.4) is 0 Å². The number of hydrogen-bond acceptors (Lipinski definition) is 1. The van der Waals surface area contributed by atoms with Crippen LogP contribution in [0.5, 0.6) is 5.75 Å². The van der Waals surface area contributed by atoms with E-state index in [1.54, 1.807) is 6.07 Å². The van der Waals surface area contributed by atoms with Crippen LogP contribution in [-0.4, -0.2) is 13.3 Å². The third-order valence-electron chi connectivity index (χ3n) is 1.23. The summed E-state index contributed by atoms with van der Waals surface area (Å²) in [7, 11) is 0. The van der Waals surface area contributed by atoms with Crippen molar-refractivity contribution in [1.29, 1.82) is 0 Å². The molecule has 0 N–H and O–H groups in total. The minimum Gasteiger partial charge on any atom is -0.490 e. The van der Waals surface area contributed by atoms with Crippen LogP contribution in [0.15, 0.2) is 27.1 Å². The fourth-order valence-corrected chi connectivity index (χ4v) is 1.90. The van der Waals surface area contributed by atoms with Crippen molar-refractivity contribution < 1.29 is 9.13 Å². The Kier molecular flexibility index (Phi) is 4.01. The molecule has 0 radical (unpaired) electrons. The fraction of sp³-hybridized carbons (Fsp3) is 0.250. The molecule has 1 rings (SSSR count). The lowest BCUT2D eigenvalue weighted by atomic mass is 10.3. The third-order valence-corrected chi connectivity index (χ3v) is 2.34. The number of benzene rings is 1. The summed E-state index contributed by atoms with van der Waals surface area (Å²) >= 11 is 6.60. The lowest BCUT2D eigenvalue weighted by Gasteiger charge is -2.05. The Morgan fingerprint density at radius 2 is 2.08 bits per heavy atom. The van der Waals surface area contributed by atoms with Gasteiger partial charge in [0.25, 0.3) is 0 Å². The van der Waals surface area contributed by atoms with Crippen LogP contribution in [-0.2, 0) is 0 Å². The van der Waals surface area contributed by atoms with Gasteiger partial charge in [0.05, 0.1) is 4.47 Å². The van der Waals surface area contributed by atoms with Crippen molar-refractivity contribution in [2.45, 2.75) is 0 Å². The van der Waals surface area contributed by atoms with Gasteiger partial charge in [-0.1, -0.05) is 15.9 Å². The standard InChI is InChI=1S/C8H7Br2FO/c9-6-1-2-8(7(10)5-6)12-4-3-11/h1-2,5H,3-4H2. The molecule has 12 heavy (non-hydrogen) atoms. The van der Waals surface area contributed by atoms with E-state index in [-0.39, 0.29) is 6.61 Å². The molecule has 1 aromatic rings. The molecule has 0 amide bonds. The quantitative estimate of drug-likeness (QED) is 0.829. The molecule has 0 heterocycles. The molecule has 0 spiro atoms. The van der Waals surface area contributed by atoms with Gasteiger partial charge in [0.15, 0.2) is 0 Å². The zero-order chi connectivity index (χ0) is 8.97. The monoisotopic (exact) mass is 296 g/mol. The van der Waals surface area contributed by atoms with Crippen molar-refractivity contribution in [3.05, 3.63) is 27.1 Å². The molecular formula is C8H7Br2FO. The number of halogens is 3. The third kappa shape index (κ3) is 2.75. The second-order valence-corrected chi connectivity index (χ2v) is 3.88.